The molecule has 1 aliphatic heterocycles. The maximum absolute atomic E-state index is 14.1. The lowest BCUT2D eigenvalue weighted by Crippen LogP contribution is -2.46. The van der Waals surface area contributed by atoms with Crippen LogP contribution in [-0.2, 0) is 0 Å². The number of hydrogen-bond donors (Lipinski definition) is 2. The molecular weight excluding hydrogens is 283 g/mol. The number of hydrogen-bond acceptors (Lipinski definition) is 5. The van der Waals surface area contributed by atoms with E-state index in [4.69, 9.17) is 5.11 Å². The van der Waals surface area contributed by atoms with Crippen LogP contribution in [0.25, 0.3) is 0 Å². The number of aromatic carboxylic acids is 1. The van der Waals surface area contributed by atoms with Gasteiger partial charge in [0.05, 0.1) is 22.3 Å². The van der Waals surface area contributed by atoms with Crippen molar-refractivity contribution < 1.29 is 24.3 Å². The molecule has 1 saturated heterocycles. The van der Waals surface area contributed by atoms with Gasteiger partial charge in [-0.25, -0.2) is 9.18 Å². The van der Waals surface area contributed by atoms with E-state index in [9.17, 15) is 24.4 Å². The molecule has 1 aromatic rings. The molecule has 2 N–H and O–H groups in total. The molecule has 7 nitrogen and oxygen atoms in total. The van der Waals surface area contributed by atoms with Crippen LogP contribution < -0.4 is 4.90 Å². The Morgan fingerprint density at radius 2 is 2.19 bits per heavy atom. The molecule has 0 spiro atoms. The first-order valence-electron chi connectivity index (χ1n) is 6.40. The molecule has 1 fully saturated rings. The number of aliphatic hydroxyl groups is 1. The molecule has 0 bridgehead atoms. The number of benzene rings is 1. The van der Waals surface area contributed by atoms with Crippen molar-refractivity contribution in [1.29, 1.82) is 0 Å². The van der Waals surface area contributed by atoms with E-state index in [2.05, 4.69) is 0 Å². The van der Waals surface area contributed by atoms with Crippen molar-refractivity contribution in [2.75, 3.05) is 18.0 Å². The third-order valence-corrected chi connectivity index (χ3v) is 3.51. The number of piperidine rings is 1. The highest BCUT2D eigenvalue weighted by Crippen LogP contribution is 2.32. The summed E-state index contributed by atoms with van der Waals surface area (Å²) in [7, 11) is 0. The number of nitrogens with zero attached hydrogens (tertiary/aromatic N) is 2. The lowest BCUT2D eigenvalue weighted by molar-refractivity contribution is -0.385. The van der Waals surface area contributed by atoms with Gasteiger partial charge in [0.1, 0.15) is 5.56 Å². The molecule has 0 amide bonds. The predicted octanol–water partition coefficient (Wildman–Crippen LogP) is 1.78. The standard InChI is InChI=1S/C13H15FN2O5/c1-13(19)3-2-4-15(7-13)11-5-8(12(17)18)10(16(20)21)6-9(11)14/h5-6,19H,2-4,7H2,1H3,(H,17,18). The topological polar surface area (TPSA) is 104 Å². The first kappa shape index (κ1) is 15.2. The SMILES string of the molecule is CC1(O)CCCN(c2cc(C(=O)O)c([N+](=O)[O-])cc2F)C1. The van der Waals surface area contributed by atoms with E-state index in [-0.39, 0.29) is 12.2 Å². The second-order valence-corrected chi connectivity index (χ2v) is 5.41. The first-order valence-corrected chi connectivity index (χ1v) is 6.40. The van der Waals surface area contributed by atoms with Gasteiger partial charge in [-0.15, -0.1) is 0 Å². The lowest BCUT2D eigenvalue weighted by Gasteiger charge is -2.38. The van der Waals surface area contributed by atoms with E-state index in [1.54, 1.807) is 6.92 Å². The van der Waals surface area contributed by atoms with Gasteiger partial charge in [-0.05, 0) is 25.8 Å². The zero-order valence-electron chi connectivity index (χ0n) is 11.4. The Morgan fingerprint density at radius 3 is 2.71 bits per heavy atom. The number of carboxylic acid groups (broad SMARTS) is 1. The molecule has 1 aliphatic rings. The Bertz CT molecular complexity index is 602. The fourth-order valence-electron chi connectivity index (χ4n) is 2.54. The summed E-state index contributed by atoms with van der Waals surface area (Å²) >= 11 is 0. The third kappa shape index (κ3) is 3.10. The number of halogens is 1. The fourth-order valence-corrected chi connectivity index (χ4v) is 2.54. The molecule has 21 heavy (non-hydrogen) atoms. The smallest absolute Gasteiger partial charge is 0.342 e. The van der Waals surface area contributed by atoms with Crippen molar-refractivity contribution in [3.63, 3.8) is 0 Å². The van der Waals surface area contributed by atoms with Crippen molar-refractivity contribution >= 4 is 17.3 Å². The number of carboxylic acids is 1. The molecular formula is C13H15FN2O5. The van der Waals surface area contributed by atoms with E-state index in [1.807, 2.05) is 0 Å². The Kier molecular flexibility index (Phi) is 3.82. The van der Waals surface area contributed by atoms with Gasteiger partial charge in [-0.1, -0.05) is 0 Å². The number of carbonyl (C=O) groups is 1. The van der Waals surface area contributed by atoms with Gasteiger partial charge in [0, 0.05) is 13.1 Å². The molecule has 0 aliphatic carbocycles. The molecule has 114 valence electrons. The van der Waals surface area contributed by atoms with Gasteiger partial charge in [0.15, 0.2) is 5.82 Å². The van der Waals surface area contributed by atoms with E-state index >= 15 is 0 Å². The molecule has 1 heterocycles. The molecule has 1 aromatic carbocycles. The van der Waals surface area contributed by atoms with E-state index in [0.717, 1.165) is 6.07 Å². The maximum atomic E-state index is 14.1. The summed E-state index contributed by atoms with van der Waals surface area (Å²) in [5.41, 5.74) is -2.40. The normalized spacial score (nSPS) is 22.1. The van der Waals surface area contributed by atoms with Gasteiger partial charge >= 0.3 is 5.97 Å². The number of nitro benzene ring substituents is 1. The summed E-state index contributed by atoms with van der Waals surface area (Å²) in [5, 5.41) is 29.9. The zero-order chi connectivity index (χ0) is 15.8. The monoisotopic (exact) mass is 298 g/mol. The summed E-state index contributed by atoms with van der Waals surface area (Å²) in [6.45, 7) is 2.20. The summed E-state index contributed by atoms with van der Waals surface area (Å²) in [4.78, 5) is 22.5. The molecule has 2 rings (SSSR count). The maximum Gasteiger partial charge on any atom is 0.342 e. The number of rotatable bonds is 3. The van der Waals surface area contributed by atoms with Crippen molar-refractivity contribution in [2.24, 2.45) is 0 Å². The molecule has 0 saturated carbocycles. The highest BCUT2D eigenvalue weighted by molar-refractivity contribution is 5.93. The van der Waals surface area contributed by atoms with Crippen LogP contribution in [-0.4, -0.2) is 39.8 Å². The average molecular weight is 298 g/mol. The fraction of sp³-hybridized carbons (Fsp3) is 0.462. The number of anilines is 1. The molecule has 1 unspecified atom stereocenters. The van der Waals surface area contributed by atoms with Gasteiger partial charge in [-0.3, -0.25) is 10.1 Å². The van der Waals surface area contributed by atoms with Crippen molar-refractivity contribution in [3.8, 4) is 0 Å². The van der Waals surface area contributed by atoms with Gasteiger partial charge in [0.2, 0.25) is 0 Å². The Labute approximate surface area is 119 Å². The van der Waals surface area contributed by atoms with Crippen LogP contribution in [0.5, 0.6) is 0 Å². The quantitative estimate of drug-likeness (QED) is 0.651. The van der Waals surface area contributed by atoms with Crippen LogP contribution >= 0.6 is 0 Å². The van der Waals surface area contributed by atoms with Crippen LogP contribution in [0.3, 0.4) is 0 Å². The summed E-state index contributed by atoms with van der Waals surface area (Å²) in [5.74, 6) is -2.36. The van der Waals surface area contributed by atoms with Crippen LogP contribution in [0.2, 0.25) is 0 Å². The summed E-state index contributed by atoms with van der Waals surface area (Å²) in [6, 6.07) is 1.57. The number of β-amino-alcohol motifs (C(OH)–C–C–N with tert-alkyl or cyclic N) is 1. The lowest BCUT2D eigenvalue weighted by atomic mass is 9.94. The molecule has 1 atom stereocenters. The summed E-state index contributed by atoms with van der Waals surface area (Å²) < 4.78 is 14.1. The minimum absolute atomic E-state index is 0.0435. The second kappa shape index (κ2) is 5.28. The van der Waals surface area contributed by atoms with Crippen molar-refractivity contribution in [2.45, 2.75) is 25.4 Å². The van der Waals surface area contributed by atoms with Crippen LogP contribution in [0.1, 0.15) is 30.1 Å². The second-order valence-electron chi connectivity index (χ2n) is 5.41. The largest absolute Gasteiger partial charge is 0.477 e. The molecule has 0 aromatic heterocycles. The highest BCUT2D eigenvalue weighted by atomic mass is 19.1. The Balaban J connectivity index is 2.47. The van der Waals surface area contributed by atoms with Crippen LogP contribution in [0, 0.1) is 15.9 Å². The Hall–Kier alpha value is -2.22. The predicted molar refractivity (Wildman–Crippen MR) is 72.1 cm³/mol. The van der Waals surface area contributed by atoms with Crippen molar-refractivity contribution in [3.05, 3.63) is 33.6 Å². The molecule has 0 radical (unpaired) electrons. The van der Waals surface area contributed by atoms with Crippen LogP contribution in [0.15, 0.2) is 12.1 Å². The first-order chi connectivity index (χ1) is 9.71. The summed E-state index contributed by atoms with van der Waals surface area (Å²) in [6.07, 6.45) is 1.18. The van der Waals surface area contributed by atoms with Gasteiger partial charge < -0.3 is 15.1 Å². The molecule has 8 heteroatoms. The van der Waals surface area contributed by atoms with Crippen molar-refractivity contribution in [1.82, 2.24) is 0 Å². The van der Waals surface area contributed by atoms with E-state index in [0.29, 0.717) is 25.5 Å². The van der Waals surface area contributed by atoms with Gasteiger partial charge in [0.25, 0.3) is 5.69 Å². The van der Waals surface area contributed by atoms with Crippen LogP contribution in [0.4, 0.5) is 15.8 Å². The Morgan fingerprint density at radius 1 is 1.52 bits per heavy atom. The third-order valence-electron chi connectivity index (χ3n) is 3.51. The highest BCUT2D eigenvalue weighted by Gasteiger charge is 2.32. The van der Waals surface area contributed by atoms with E-state index < -0.39 is 33.6 Å². The zero-order valence-corrected chi connectivity index (χ0v) is 11.4. The van der Waals surface area contributed by atoms with Gasteiger partial charge in [-0.2, -0.15) is 0 Å². The average Bonchev–Trinajstić information content (AvgIpc) is 2.36. The number of nitro groups is 1. The van der Waals surface area contributed by atoms with E-state index in [1.165, 1.54) is 4.90 Å². The minimum atomic E-state index is -1.49. The minimum Gasteiger partial charge on any atom is -0.477 e.